The van der Waals surface area contributed by atoms with Crippen molar-refractivity contribution < 1.29 is 4.79 Å². The molecule has 0 spiro atoms. The first-order valence-corrected chi connectivity index (χ1v) is 11.4. The lowest BCUT2D eigenvalue weighted by Crippen LogP contribution is -2.51. The molecule has 4 bridgehead atoms. The summed E-state index contributed by atoms with van der Waals surface area (Å²) in [7, 11) is 0. The monoisotopic (exact) mass is 388 g/mol. The molecule has 0 atom stereocenters. The van der Waals surface area contributed by atoms with Gasteiger partial charge in [-0.15, -0.1) is 16.4 Å². The number of aromatic nitrogens is 3. The second kappa shape index (κ2) is 6.68. The Morgan fingerprint density at radius 1 is 1.27 bits per heavy atom. The summed E-state index contributed by atoms with van der Waals surface area (Å²) in [4.78, 5) is 17.9. The summed E-state index contributed by atoms with van der Waals surface area (Å²) < 4.78 is 0. The predicted molar refractivity (Wildman–Crippen MR) is 104 cm³/mol. The van der Waals surface area contributed by atoms with Crippen LogP contribution in [-0.2, 0) is 4.79 Å². The molecular weight excluding hydrogens is 364 g/mol. The van der Waals surface area contributed by atoms with Gasteiger partial charge in [0.2, 0.25) is 11.1 Å². The summed E-state index contributed by atoms with van der Waals surface area (Å²) in [6.07, 6.45) is 8.33. The van der Waals surface area contributed by atoms with Crippen LogP contribution in [0.15, 0.2) is 22.7 Å². The third-order valence-corrected chi connectivity index (χ3v) is 8.10. The van der Waals surface area contributed by atoms with Gasteiger partial charge in [-0.1, -0.05) is 17.8 Å². The molecule has 2 heterocycles. The smallest absolute Gasteiger partial charge is 0.230 e. The molecule has 4 fully saturated rings. The molecule has 1 amide bonds. The number of hydrogen-bond donors (Lipinski definition) is 2. The zero-order chi connectivity index (χ0) is 17.6. The van der Waals surface area contributed by atoms with Crippen molar-refractivity contribution in [2.24, 2.45) is 23.2 Å². The van der Waals surface area contributed by atoms with Crippen molar-refractivity contribution in [3.8, 4) is 10.7 Å². The van der Waals surface area contributed by atoms with Crippen LogP contribution in [0.2, 0.25) is 0 Å². The molecule has 4 aliphatic rings. The number of nitrogens with zero attached hydrogens (tertiary/aromatic N) is 2. The molecule has 4 aliphatic carbocycles. The van der Waals surface area contributed by atoms with Gasteiger partial charge < -0.3 is 5.32 Å². The van der Waals surface area contributed by atoms with Crippen molar-refractivity contribution in [2.75, 3.05) is 12.3 Å². The van der Waals surface area contributed by atoms with E-state index in [2.05, 4.69) is 20.5 Å². The minimum Gasteiger partial charge on any atom is -0.355 e. The maximum absolute atomic E-state index is 12.3. The lowest BCUT2D eigenvalue weighted by atomic mass is 9.49. The first-order valence-electron chi connectivity index (χ1n) is 9.53. The van der Waals surface area contributed by atoms with E-state index in [9.17, 15) is 4.79 Å². The van der Waals surface area contributed by atoms with Gasteiger partial charge in [0, 0.05) is 6.54 Å². The molecule has 138 valence electrons. The van der Waals surface area contributed by atoms with E-state index < -0.39 is 0 Å². The van der Waals surface area contributed by atoms with E-state index in [1.165, 1.54) is 50.3 Å². The van der Waals surface area contributed by atoms with E-state index in [4.69, 9.17) is 0 Å². The van der Waals surface area contributed by atoms with Gasteiger partial charge in [0.1, 0.15) is 0 Å². The van der Waals surface area contributed by atoms with Crippen LogP contribution < -0.4 is 5.32 Å². The van der Waals surface area contributed by atoms with Gasteiger partial charge in [-0.2, -0.15) is 0 Å². The van der Waals surface area contributed by atoms with Crippen LogP contribution in [0.1, 0.15) is 38.5 Å². The van der Waals surface area contributed by atoms with Gasteiger partial charge in [-0.3, -0.25) is 9.89 Å². The zero-order valence-corrected chi connectivity index (χ0v) is 16.4. The second-order valence-corrected chi connectivity index (χ2v) is 10.3. The highest BCUT2D eigenvalue weighted by Crippen LogP contribution is 2.59. The fourth-order valence-corrected chi connectivity index (χ4v) is 7.10. The van der Waals surface area contributed by atoms with Gasteiger partial charge in [-0.25, -0.2) is 4.98 Å². The Balaban J connectivity index is 1.13. The normalized spacial score (nSPS) is 32.1. The maximum Gasteiger partial charge on any atom is 0.230 e. The molecule has 0 unspecified atom stereocenters. The number of carbonyl (C=O) groups excluding carboxylic acids is 1. The van der Waals surface area contributed by atoms with Crippen molar-refractivity contribution >= 4 is 29.0 Å². The highest BCUT2D eigenvalue weighted by atomic mass is 32.2. The molecule has 5 nitrogen and oxygen atoms in total. The third-order valence-electron chi connectivity index (χ3n) is 6.38. The largest absolute Gasteiger partial charge is 0.355 e. The quantitative estimate of drug-likeness (QED) is 0.735. The topological polar surface area (TPSA) is 70.7 Å². The van der Waals surface area contributed by atoms with E-state index >= 15 is 0 Å². The lowest BCUT2D eigenvalue weighted by molar-refractivity contribution is -0.120. The van der Waals surface area contributed by atoms with Crippen molar-refractivity contribution in [3.63, 3.8) is 0 Å². The van der Waals surface area contributed by atoms with E-state index in [0.29, 0.717) is 16.3 Å². The van der Waals surface area contributed by atoms with E-state index in [0.717, 1.165) is 35.0 Å². The number of H-pyrrole nitrogens is 1. The summed E-state index contributed by atoms with van der Waals surface area (Å²) in [5.74, 6) is 4.04. The van der Waals surface area contributed by atoms with Crippen molar-refractivity contribution in [1.82, 2.24) is 20.5 Å². The standard InChI is InChI=1S/C19H24N4OS2/c24-16(10-26-18-21-17(22-23-18)15-2-1-3-25-15)20-11-19-7-12-4-13(8-19)6-14(5-12)9-19/h1-3,12-14H,4-11H2,(H,20,24)(H,21,22,23). The Morgan fingerprint density at radius 2 is 2.00 bits per heavy atom. The van der Waals surface area contributed by atoms with Crippen LogP contribution in [0.5, 0.6) is 0 Å². The van der Waals surface area contributed by atoms with Gasteiger partial charge in [0.15, 0.2) is 5.82 Å². The number of aromatic amines is 1. The first kappa shape index (κ1) is 16.8. The number of thiophene rings is 1. The minimum atomic E-state index is 0.105. The molecule has 2 aromatic heterocycles. The van der Waals surface area contributed by atoms with Crippen LogP contribution in [0.3, 0.4) is 0 Å². The number of thioether (sulfide) groups is 1. The molecule has 7 heteroatoms. The summed E-state index contributed by atoms with van der Waals surface area (Å²) in [5.41, 5.74) is 0.395. The fraction of sp³-hybridized carbons (Fsp3) is 0.632. The van der Waals surface area contributed by atoms with Gasteiger partial charge in [0.05, 0.1) is 10.6 Å². The molecule has 2 aromatic rings. The highest BCUT2D eigenvalue weighted by molar-refractivity contribution is 7.99. The number of carbonyl (C=O) groups is 1. The van der Waals surface area contributed by atoms with E-state index in [-0.39, 0.29) is 5.91 Å². The van der Waals surface area contributed by atoms with Crippen LogP contribution in [0.25, 0.3) is 10.7 Å². The Hall–Kier alpha value is -1.34. The van der Waals surface area contributed by atoms with Gasteiger partial charge in [0.25, 0.3) is 0 Å². The average Bonchev–Trinajstić information content (AvgIpc) is 3.28. The maximum atomic E-state index is 12.3. The highest BCUT2D eigenvalue weighted by Gasteiger charge is 2.50. The van der Waals surface area contributed by atoms with Crippen molar-refractivity contribution in [3.05, 3.63) is 17.5 Å². The summed E-state index contributed by atoms with van der Waals surface area (Å²) in [5, 5.41) is 13.0. The van der Waals surface area contributed by atoms with E-state index in [1.807, 2.05) is 17.5 Å². The zero-order valence-electron chi connectivity index (χ0n) is 14.7. The average molecular weight is 389 g/mol. The molecule has 2 N–H and O–H groups in total. The molecule has 0 aliphatic heterocycles. The molecule has 4 saturated carbocycles. The molecule has 0 aromatic carbocycles. The van der Waals surface area contributed by atoms with E-state index in [1.54, 1.807) is 11.3 Å². The van der Waals surface area contributed by atoms with Crippen LogP contribution in [-0.4, -0.2) is 33.4 Å². The van der Waals surface area contributed by atoms with Crippen LogP contribution in [0, 0.1) is 23.2 Å². The number of nitrogens with one attached hydrogen (secondary N) is 2. The molecular formula is C19H24N4OS2. The van der Waals surface area contributed by atoms with Crippen LogP contribution >= 0.6 is 23.1 Å². The van der Waals surface area contributed by atoms with Gasteiger partial charge in [-0.05, 0) is 73.1 Å². The third kappa shape index (κ3) is 3.31. The Bertz CT molecular complexity index is 750. The lowest BCUT2D eigenvalue weighted by Gasteiger charge is -2.56. The summed E-state index contributed by atoms with van der Waals surface area (Å²) >= 11 is 3.03. The fourth-order valence-electron chi connectivity index (χ4n) is 5.81. The van der Waals surface area contributed by atoms with Crippen molar-refractivity contribution in [2.45, 2.75) is 43.7 Å². The number of amides is 1. The Morgan fingerprint density at radius 3 is 2.65 bits per heavy atom. The second-order valence-electron chi connectivity index (χ2n) is 8.43. The summed E-state index contributed by atoms with van der Waals surface area (Å²) in [6.45, 7) is 0.865. The first-order chi connectivity index (χ1) is 12.7. The SMILES string of the molecule is O=C(CSc1n[nH]c(-c2cccs2)n1)NCC12CC3CC(CC(C3)C1)C2. The van der Waals surface area contributed by atoms with Crippen molar-refractivity contribution in [1.29, 1.82) is 0 Å². The molecule has 0 radical (unpaired) electrons. The Kier molecular flexibility index (Phi) is 4.32. The number of hydrogen-bond acceptors (Lipinski definition) is 5. The van der Waals surface area contributed by atoms with Gasteiger partial charge >= 0.3 is 0 Å². The molecule has 0 saturated heterocycles. The summed E-state index contributed by atoms with van der Waals surface area (Å²) in [6, 6.07) is 4.01. The predicted octanol–water partition coefficient (Wildman–Crippen LogP) is 3.96. The Labute approximate surface area is 161 Å². The molecule has 26 heavy (non-hydrogen) atoms. The van der Waals surface area contributed by atoms with Crippen LogP contribution in [0.4, 0.5) is 0 Å². The molecule has 6 rings (SSSR count). The minimum absolute atomic E-state index is 0.105. The number of rotatable bonds is 6.